The standard InChI is InChI=1S/C13H22N4/c1-10(12-6-15-16(2)7-12)17-8-11-4-3-5-14-13(11)9-17/h6-7,10-11,13-14H,3-5,8-9H2,1-2H3. The number of fused-ring (bicyclic) bond motifs is 1. The molecule has 0 bridgehead atoms. The lowest BCUT2D eigenvalue weighted by Crippen LogP contribution is -2.40. The van der Waals surface area contributed by atoms with Crippen molar-refractivity contribution in [3.63, 3.8) is 0 Å². The summed E-state index contributed by atoms with van der Waals surface area (Å²) in [6.45, 7) is 5.94. The van der Waals surface area contributed by atoms with Gasteiger partial charge in [-0.25, -0.2) is 0 Å². The molecule has 2 saturated heterocycles. The number of likely N-dealkylation sites (tertiary alicyclic amines) is 1. The van der Waals surface area contributed by atoms with Crippen LogP contribution in [-0.2, 0) is 7.05 Å². The van der Waals surface area contributed by atoms with Crippen LogP contribution in [0.3, 0.4) is 0 Å². The fraction of sp³-hybridized carbons (Fsp3) is 0.769. The summed E-state index contributed by atoms with van der Waals surface area (Å²) in [6.07, 6.45) is 6.88. The molecule has 0 aliphatic carbocycles. The van der Waals surface area contributed by atoms with Gasteiger partial charge in [-0.3, -0.25) is 9.58 Å². The van der Waals surface area contributed by atoms with Crippen molar-refractivity contribution in [3.05, 3.63) is 18.0 Å². The zero-order valence-corrected chi connectivity index (χ0v) is 10.8. The highest BCUT2D eigenvalue weighted by atomic mass is 15.3. The van der Waals surface area contributed by atoms with Crippen LogP contribution in [0.1, 0.15) is 31.4 Å². The largest absolute Gasteiger partial charge is 0.312 e. The van der Waals surface area contributed by atoms with Crippen molar-refractivity contribution in [3.8, 4) is 0 Å². The van der Waals surface area contributed by atoms with Gasteiger partial charge in [-0.1, -0.05) is 0 Å². The second-order valence-corrected chi connectivity index (χ2v) is 5.54. The van der Waals surface area contributed by atoms with Crippen LogP contribution < -0.4 is 5.32 Å². The summed E-state index contributed by atoms with van der Waals surface area (Å²) in [5.74, 6) is 0.864. The molecule has 0 spiro atoms. The second kappa shape index (κ2) is 4.42. The number of aromatic nitrogens is 2. The maximum Gasteiger partial charge on any atom is 0.0537 e. The molecule has 3 unspecified atom stereocenters. The molecule has 2 aliphatic rings. The lowest BCUT2D eigenvalue weighted by atomic mass is 9.94. The van der Waals surface area contributed by atoms with Gasteiger partial charge in [0, 0.05) is 44.0 Å². The number of nitrogens with zero attached hydrogens (tertiary/aromatic N) is 3. The Morgan fingerprint density at radius 3 is 3.06 bits per heavy atom. The summed E-state index contributed by atoms with van der Waals surface area (Å²) >= 11 is 0. The monoisotopic (exact) mass is 234 g/mol. The van der Waals surface area contributed by atoms with Crippen LogP contribution in [0.5, 0.6) is 0 Å². The summed E-state index contributed by atoms with van der Waals surface area (Å²) in [5, 5.41) is 7.93. The third-order valence-corrected chi connectivity index (χ3v) is 4.38. The first kappa shape index (κ1) is 11.2. The Bertz CT molecular complexity index is 373. The van der Waals surface area contributed by atoms with Gasteiger partial charge in [-0.15, -0.1) is 0 Å². The molecule has 3 rings (SSSR count). The van der Waals surface area contributed by atoms with E-state index in [-0.39, 0.29) is 0 Å². The maximum atomic E-state index is 4.27. The van der Waals surface area contributed by atoms with Gasteiger partial charge in [-0.2, -0.15) is 5.10 Å². The van der Waals surface area contributed by atoms with Crippen molar-refractivity contribution >= 4 is 0 Å². The van der Waals surface area contributed by atoms with Crippen LogP contribution in [0.4, 0.5) is 0 Å². The van der Waals surface area contributed by atoms with Gasteiger partial charge in [0.1, 0.15) is 0 Å². The molecule has 4 heteroatoms. The fourth-order valence-electron chi connectivity index (χ4n) is 3.26. The first-order valence-corrected chi connectivity index (χ1v) is 6.70. The number of hydrogen-bond acceptors (Lipinski definition) is 3. The van der Waals surface area contributed by atoms with Crippen molar-refractivity contribution in [2.45, 2.75) is 31.8 Å². The first-order chi connectivity index (χ1) is 8.24. The van der Waals surface area contributed by atoms with Gasteiger partial charge in [0.15, 0.2) is 0 Å². The van der Waals surface area contributed by atoms with E-state index >= 15 is 0 Å². The van der Waals surface area contributed by atoms with Crippen LogP contribution in [-0.4, -0.2) is 40.4 Å². The van der Waals surface area contributed by atoms with Crippen molar-refractivity contribution in [1.29, 1.82) is 0 Å². The predicted octanol–water partition coefficient (Wildman–Crippen LogP) is 1.16. The minimum atomic E-state index is 0.496. The molecule has 3 heterocycles. The minimum Gasteiger partial charge on any atom is -0.312 e. The molecule has 1 N–H and O–H groups in total. The van der Waals surface area contributed by atoms with E-state index in [0.29, 0.717) is 6.04 Å². The normalized spacial score (nSPS) is 31.4. The Kier molecular flexibility index (Phi) is 2.92. The van der Waals surface area contributed by atoms with E-state index in [4.69, 9.17) is 0 Å². The lowest BCUT2D eigenvalue weighted by Gasteiger charge is -2.25. The van der Waals surface area contributed by atoms with Gasteiger partial charge in [0.25, 0.3) is 0 Å². The molecule has 4 nitrogen and oxygen atoms in total. The zero-order valence-electron chi connectivity index (χ0n) is 10.8. The van der Waals surface area contributed by atoms with Crippen molar-refractivity contribution in [1.82, 2.24) is 20.0 Å². The van der Waals surface area contributed by atoms with Gasteiger partial charge in [0.2, 0.25) is 0 Å². The third kappa shape index (κ3) is 2.11. The average Bonchev–Trinajstić information content (AvgIpc) is 2.93. The highest BCUT2D eigenvalue weighted by molar-refractivity contribution is 5.11. The highest BCUT2D eigenvalue weighted by Crippen LogP contribution is 2.31. The maximum absolute atomic E-state index is 4.27. The average molecular weight is 234 g/mol. The molecule has 94 valence electrons. The zero-order chi connectivity index (χ0) is 11.8. The van der Waals surface area contributed by atoms with Crippen LogP contribution in [0, 0.1) is 5.92 Å². The van der Waals surface area contributed by atoms with E-state index in [1.165, 1.54) is 38.0 Å². The van der Waals surface area contributed by atoms with E-state index in [1.54, 1.807) is 0 Å². The Morgan fingerprint density at radius 1 is 1.47 bits per heavy atom. The minimum absolute atomic E-state index is 0.496. The van der Waals surface area contributed by atoms with Gasteiger partial charge in [0.05, 0.1) is 6.20 Å². The van der Waals surface area contributed by atoms with Crippen molar-refractivity contribution in [2.24, 2.45) is 13.0 Å². The second-order valence-electron chi connectivity index (χ2n) is 5.54. The molecule has 0 radical (unpaired) electrons. The Balaban J connectivity index is 1.69. The molecule has 17 heavy (non-hydrogen) atoms. The molecule has 1 aromatic heterocycles. The van der Waals surface area contributed by atoms with E-state index in [0.717, 1.165) is 12.0 Å². The van der Waals surface area contributed by atoms with Crippen LogP contribution >= 0.6 is 0 Å². The summed E-state index contributed by atoms with van der Waals surface area (Å²) < 4.78 is 1.90. The van der Waals surface area contributed by atoms with E-state index in [9.17, 15) is 0 Å². The Hall–Kier alpha value is -0.870. The molecule has 2 aliphatic heterocycles. The summed E-state index contributed by atoms with van der Waals surface area (Å²) in [5.41, 5.74) is 1.34. The fourth-order valence-corrected chi connectivity index (χ4v) is 3.26. The molecule has 0 saturated carbocycles. The smallest absolute Gasteiger partial charge is 0.0537 e. The summed E-state index contributed by atoms with van der Waals surface area (Å²) in [6, 6.07) is 1.22. The van der Waals surface area contributed by atoms with E-state index < -0.39 is 0 Å². The first-order valence-electron chi connectivity index (χ1n) is 6.70. The highest BCUT2D eigenvalue weighted by Gasteiger charge is 2.36. The Labute approximate surface area is 103 Å². The number of nitrogens with one attached hydrogen (secondary N) is 1. The Morgan fingerprint density at radius 2 is 2.35 bits per heavy atom. The van der Waals surface area contributed by atoms with Gasteiger partial charge < -0.3 is 5.32 Å². The van der Waals surface area contributed by atoms with Gasteiger partial charge in [-0.05, 0) is 32.2 Å². The molecule has 0 aromatic carbocycles. The van der Waals surface area contributed by atoms with Crippen LogP contribution in [0.25, 0.3) is 0 Å². The number of hydrogen-bond donors (Lipinski definition) is 1. The molecule has 1 aromatic rings. The quantitative estimate of drug-likeness (QED) is 0.834. The SMILES string of the molecule is CC(c1cnn(C)c1)N1CC2CCCNC2C1. The van der Waals surface area contributed by atoms with Crippen LogP contribution in [0.15, 0.2) is 12.4 Å². The van der Waals surface area contributed by atoms with Crippen LogP contribution in [0.2, 0.25) is 0 Å². The lowest BCUT2D eigenvalue weighted by molar-refractivity contribution is 0.250. The van der Waals surface area contributed by atoms with Gasteiger partial charge >= 0.3 is 0 Å². The molecular formula is C13H22N4. The summed E-state index contributed by atoms with van der Waals surface area (Å²) in [7, 11) is 1.99. The topological polar surface area (TPSA) is 33.1 Å². The van der Waals surface area contributed by atoms with E-state index in [1.807, 2.05) is 17.9 Å². The van der Waals surface area contributed by atoms with E-state index in [2.05, 4.69) is 28.4 Å². The van der Waals surface area contributed by atoms with Crippen molar-refractivity contribution < 1.29 is 0 Å². The number of aryl methyl sites for hydroxylation is 1. The molecule has 0 amide bonds. The molecular weight excluding hydrogens is 212 g/mol. The number of piperidine rings is 1. The summed E-state index contributed by atoms with van der Waals surface area (Å²) in [4.78, 5) is 2.60. The number of rotatable bonds is 2. The molecule has 3 atom stereocenters. The molecule has 2 fully saturated rings. The third-order valence-electron chi connectivity index (χ3n) is 4.38. The predicted molar refractivity (Wildman–Crippen MR) is 67.7 cm³/mol. The van der Waals surface area contributed by atoms with Crippen molar-refractivity contribution in [2.75, 3.05) is 19.6 Å².